The number of ether oxygens (including phenoxy) is 2. The predicted octanol–water partition coefficient (Wildman–Crippen LogP) is 4.02. The van der Waals surface area contributed by atoms with Crippen LogP contribution < -0.4 is 0 Å². The van der Waals surface area contributed by atoms with E-state index in [1.54, 1.807) is 12.1 Å². The summed E-state index contributed by atoms with van der Waals surface area (Å²) < 4.78 is 11.3. The van der Waals surface area contributed by atoms with Crippen molar-refractivity contribution < 1.29 is 9.47 Å². The fourth-order valence-electron chi connectivity index (χ4n) is 1.83. The molecule has 4 heteroatoms. The average molecular weight is 260 g/mol. The van der Waals surface area contributed by atoms with E-state index in [4.69, 9.17) is 32.7 Å². The molecule has 1 aliphatic heterocycles. The second kappa shape index (κ2) is 4.19. The molecule has 0 aromatic heterocycles. The molecule has 0 aliphatic carbocycles. The third-order valence-electron chi connectivity index (χ3n) is 2.45. The second-order valence-electron chi connectivity index (χ2n) is 4.26. The van der Waals surface area contributed by atoms with Crippen molar-refractivity contribution >= 4 is 23.2 Å². The van der Waals surface area contributed by atoms with Crippen LogP contribution in [-0.2, 0) is 9.47 Å². The van der Waals surface area contributed by atoms with E-state index in [0.717, 1.165) is 5.56 Å². The highest BCUT2D eigenvalue weighted by Gasteiger charge is 2.40. The van der Waals surface area contributed by atoms with Crippen molar-refractivity contribution in [3.63, 3.8) is 0 Å². The lowest BCUT2D eigenvalue weighted by Gasteiger charge is -2.17. The van der Waals surface area contributed by atoms with E-state index in [0.29, 0.717) is 10.0 Å². The summed E-state index contributed by atoms with van der Waals surface area (Å²) in [5, 5.41) is 1.18. The highest BCUT2D eigenvalue weighted by atomic mass is 35.5. The second-order valence-corrected chi connectivity index (χ2v) is 5.10. The first-order chi connectivity index (χ1) is 7.39. The molecule has 1 fully saturated rings. The van der Waals surface area contributed by atoms with Gasteiger partial charge in [-0.1, -0.05) is 29.3 Å². The van der Waals surface area contributed by atoms with Crippen LogP contribution in [0.4, 0.5) is 0 Å². The monoisotopic (exact) mass is 259 g/mol. The standard InChI is InChI=1S/C12H13Cl2O2/c1-7-11(16-12(2,3)15-7)9-5-4-8(13)6-10(9)14/h4-7,11H,1H2,2-3H3. The molecule has 2 nitrogen and oxygen atoms in total. The Bertz CT molecular complexity index is 404. The van der Waals surface area contributed by atoms with Gasteiger partial charge in [0.1, 0.15) is 6.10 Å². The number of hydrogen-bond donors (Lipinski definition) is 0. The van der Waals surface area contributed by atoms with Crippen LogP contribution in [-0.4, -0.2) is 11.9 Å². The number of hydrogen-bond acceptors (Lipinski definition) is 2. The maximum absolute atomic E-state index is 6.12. The molecule has 2 rings (SSSR count). The first kappa shape index (κ1) is 12.2. The van der Waals surface area contributed by atoms with Crippen molar-refractivity contribution in [1.29, 1.82) is 0 Å². The van der Waals surface area contributed by atoms with Gasteiger partial charge in [-0.15, -0.1) is 0 Å². The zero-order valence-corrected chi connectivity index (χ0v) is 10.7. The summed E-state index contributed by atoms with van der Waals surface area (Å²) in [5.41, 5.74) is 0.858. The van der Waals surface area contributed by atoms with Crippen LogP contribution in [0.5, 0.6) is 0 Å². The lowest BCUT2D eigenvalue weighted by Crippen LogP contribution is -2.20. The summed E-state index contributed by atoms with van der Waals surface area (Å²) in [7, 11) is 0. The molecular weight excluding hydrogens is 247 g/mol. The van der Waals surface area contributed by atoms with Crippen molar-refractivity contribution in [3.8, 4) is 0 Å². The van der Waals surface area contributed by atoms with Crippen LogP contribution in [0.15, 0.2) is 18.2 Å². The van der Waals surface area contributed by atoms with Crippen LogP contribution in [0.3, 0.4) is 0 Å². The SMILES string of the molecule is [CH2]C1OC(C)(C)OC1c1ccc(Cl)cc1Cl. The molecule has 0 amide bonds. The molecule has 87 valence electrons. The normalized spacial score (nSPS) is 28.3. The van der Waals surface area contributed by atoms with Crippen LogP contribution in [0, 0.1) is 6.92 Å². The van der Waals surface area contributed by atoms with Crippen LogP contribution in [0.2, 0.25) is 10.0 Å². The summed E-state index contributed by atoms with van der Waals surface area (Å²) in [5.74, 6) is -0.625. The molecule has 2 atom stereocenters. The highest BCUT2D eigenvalue weighted by Crippen LogP contribution is 2.40. The minimum absolute atomic E-state index is 0.250. The van der Waals surface area contributed by atoms with Gasteiger partial charge in [0, 0.05) is 15.6 Å². The molecule has 16 heavy (non-hydrogen) atoms. The Hall–Kier alpha value is -0.280. The molecule has 0 saturated carbocycles. The van der Waals surface area contributed by atoms with Gasteiger partial charge in [-0.2, -0.15) is 0 Å². The fraction of sp³-hybridized carbons (Fsp3) is 0.417. The Kier molecular flexibility index (Phi) is 3.19. The van der Waals surface area contributed by atoms with E-state index in [1.807, 2.05) is 19.9 Å². The van der Waals surface area contributed by atoms with Crippen molar-refractivity contribution in [2.24, 2.45) is 0 Å². The van der Waals surface area contributed by atoms with E-state index in [1.165, 1.54) is 0 Å². The summed E-state index contributed by atoms with van der Waals surface area (Å²) in [6.07, 6.45) is -0.520. The summed E-state index contributed by atoms with van der Waals surface area (Å²) in [6, 6.07) is 5.32. The lowest BCUT2D eigenvalue weighted by atomic mass is 10.1. The smallest absolute Gasteiger partial charge is 0.164 e. The van der Waals surface area contributed by atoms with Crippen LogP contribution in [0.25, 0.3) is 0 Å². The molecule has 1 saturated heterocycles. The third-order valence-corrected chi connectivity index (χ3v) is 3.02. The zero-order chi connectivity index (χ0) is 11.9. The fourth-order valence-corrected chi connectivity index (χ4v) is 2.35. The molecule has 0 N–H and O–H groups in total. The molecule has 2 unspecified atom stereocenters. The lowest BCUT2D eigenvalue weighted by molar-refractivity contribution is -0.143. The summed E-state index contributed by atoms with van der Waals surface area (Å²) in [6.45, 7) is 7.63. The molecule has 1 heterocycles. The van der Waals surface area contributed by atoms with Gasteiger partial charge in [0.15, 0.2) is 5.79 Å². The first-order valence-electron chi connectivity index (χ1n) is 5.03. The van der Waals surface area contributed by atoms with Crippen molar-refractivity contribution in [1.82, 2.24) is 0 Å². The largest absolute Gasteiger partial charge is 0.344 e. The maximum atomic E-state index is 6.12. The third kappa shape index (κ3) is 2.35. The molecule has 0 bridgehead atoms. The van der Waals surface area contributed by atoms with Gasteiger partial charge < -0.3 is 9.47 Å². The Morgan fingerprint density at radius 2 is 1.94 bits per heavy atom. The predicted molar refractivity (Wildman–Crippen MR) is 64.6 cm³/mol. The minimum atomic E-state index is -0.625. The average Bonchev–Trinajstić information content (AvgIpc) is 2.39. The van der Waals surface area contributed by atoms with Gasteiger partial charge in [0.25, 0.3) is 0 Å². The van der Waals surface area contributed by atoms with Gasteiger partial charge in [-0.3, -0.25) is 0 Å². The van der Waals surface area contributed by atoms with Crippen LogP contribution in [0.1, 0.15) is 25.5 Å². The van der Waals surface area contributed by atoms with Crippen molar-refractivity contribution in [2.45, 2.75) is 31.8 Å². The Labute approximate surface area is 105 Å². The number of halogens is 2. The van der Waals surface area contributed by atoms with Gasteiger partial charge in [-0.05, 0) is 32.9 Å². The quantitative estimate of drug-likeness (QED) is 0.759. The first-order valence-corrected chi connectivity index (χ1v) is 5.78. The van der Waals surface area contributed by atoms with E-state index < -0.39 is 5.79 Å². The topological polar surface area (TPSA) is 18.5 Å². The van der Waals surface area contributed by atoms with Gasteiger partial charge in [0.2, 0.25) is 0 Å². The molecule has 1 aromatic carbocycles. The van der Waals surface area contributed by atoms with E-state index in [9.17, 15) is 0 Å². The van der Waals surface area contributed by atoms with Crippen molar-refractivity contribution in [2.75, 3.05) is 0 Å². The molecule has 1 aliphatic rings. The van der Waals surface area contributed by atoms with Gasteiger partial charge in [-0.25, -0.2) is 0 Å². The minimum Gasteiger partial charge on any atom is -0.344 e. The van der Waals surface area contributed by atoms with Gasteiger partial charge in [0.05, 0.1) is 6.10 Å². The maximum Gasteiger partial charge on any atom is 0.164 e. The highest BCUT2D eigenvalue weighted by molar-refractivity contribution is 6.35. The van der Waals surface area contributed by atoms with E-state index >= 15 is 0 Å². The van der Waals surface area contributed by atoms with E-state index in [-0.39, 0.29) is 12.2 Å². The zero-order valence-electron chi connectivity index (χ0n) is 9.17. The van der Waals surface area contributed by atoms with Gasteiger partial charge >= 0.3 is 0 Å². The molecule has 1 radical (unpaired) electrons. The summed E-state index contributed by atoms with van der Waals surface area (Å²) in [4.78, 5) is 0. The van der Waals surface area contributed by atoms with Crippen molar-refractivity contribution in [3.05, 3.63) is 40.7 Å². The molecule has 1 aromatic rings. The number of rotatable bonds is 1. The molecule has 0 spiro atoms. The molecular formula is C12H13Cl2O2. The summed E-state index contributed by atoms with van der Waals surface area (Å²) >= 11 is 12.0. The number of benzene rings is 1. The Morgan fingerprint density at radius 3 is 2.44 bits per heavy atom. The Morgan fingerprint density at radius 1 is 1.25 bits per heavy atom. The van der Waals surface area contributed by atoms with Crippen LogP contribution >= 0.6 is 23.2 Å². The van der Waals surface area contributed by atoms with E-state index in [2.05, 4.69) is 6.92 Å². The Balaban J connectivity index is 2.31.